The first-order valence-electron chi connectivity index (χ1n) is 10.6. The quantitative estimate of drug-likeness (QED) is 0.394. The summed E-state index contributed by atoms with van der Waals surface area (Å²) in [5.41, 5.74) is 2.81. The van der Waals surface area contributed by atoms with Gasteiger partial charge in [0.2, 0.25) is 0 Å². The summed E-state index contributed by atoms with van der Waals surface area (Å²) in [6.07, 6.45) is 3.39. The van der Waals surface area contributed by atoms with Crippen molar-refractivity contribution in [2.45, 2.75) is 6.54 Å². The first-order chi connectivity index (χ1) is 16.6. The molecule has 2 N–H and O–H groups in total. The van der Waals surface area contributed by atoms with Gasteiger partial charge in [-0.05, 0) is 42.0 Å². The summed E-state index contributed by atoms with van der Waals surface area (Å²) >= 11 is 0. The molecule has 0 saturated heterocycles. The highest BCUT2D eigenvalue weighted by molar-refractivity contribution is 6.04. The highest BCUT2D eigenvalue weighted by atomic mass is 16.5. The van der Waals surface area contributed by atoms with Crippen LogP contribution in [0.1, 0.15) is 15.9 Å². The first-order valence-corrected chi connectivity index (χ1v) is 10.6. The monoisotopic (exact) mass is 456 g/mol. The zero-order valence-corrected chi connectivity index (χ0v) is 18.6. The maximum Gasteiger partial charge on any atom is 0.262 e. The van der Waals surface area contributed by atoms with Gasteiger partial charge in [-0.15, -0.1) is 0 Å². The van der Waals surface area contributed by atoms with Crippen LogP contribution in [-0.2, 0) is 11.3 Å². The van der Waals surface area contributed by atoms with Gasteiger partial charge in [0.15, 0.2) is 6.61 Å². The number of methoxy groups -OCH3 is 1. The van der Waals surface area contributed by atoms with Gasteiger partial charge in [0.1, 0.15) is 11.5 Å². The van der Waals surface area contributed by atoms with E-state index >= 15 is 0 Å². The molecule has 2 amide bonds. The van der Waals surface area contributed by atoms with Crippen molar-refractivity contribution in [1.29, 1.82) is 0 Å². The SMILES string of the molecule is COc1cccc(NC(=O)COc2ccc(C(=O)Nc3cnn(Cc4ccccc4)c3)cc2)c1. The van der Waals surface area contributed by atoms with E-state index in [-0.39, 0.29) is 18.4 Å². The summed E-state index contributed by atoms with van der Waals surface area (Å²) in [7, 11) is 1.56. The van der Waals surface area contributed by atoms with Gasteiger partial charge in [-0.1, -0.05) is 36.4 Å². The molecule has 0 aliphatic rings. The van der Waals surface area contributed by atoms with E-state index < -0.39 is 0 Å². The maximum absolute atomic E-state index is 12.6. The van der Waals surface area contributed by atoms with Crippen molar-refractivity contribution in [2.75, 3.05) is 24.4 Å². The minimum Gasteiger partial charge on any atom is -0.497 e. The van der Waals surface area contributed by atoms with Gasteiger partial charge < -0.3 is 20.1 Å². The Morgan fingerprint density at radius 2 is 1.68 bits per heavy atom. The number of aromatic nitrogens is 2. The second-order valence-corrected chi connectivity index (χ2v) is 7.46. The number of nitrogens with zero attached hydrogens (tertiary/aromatic N) is 2. The fourth-order valence-electron chi connectivity index (χ4n) is 3.24. The zero-order valence-electron chi connectivity index (χ0n) is 18.6. The smallest absolute Gasteiger partial charge is 0.262 e. The number of rotatable bonds is 9. The van der Waals surface area contributed by atoms with E-state index in [4.69, 9.17) is 9.47 Å². The van der Waals surface area contributed by atoms with Crippen LogP contribution in [0.5, 0.6) is 11.5 Å². The number of anilines is 2. The van der Waals surface area contributed by atoms with Gasteiger partial charge in [-0.25, -0.2) is 0 Å². The van der Waals surface area contributed by atoms with Gasteiger partial charge in [-0.3, -0.25) is 14.3 Å². The van der Waals surface area contributed by atoms with Crippen LogP contribution >= 0.6 is 0 Å². The second-order valence-electron chi connectivity index (χ2n) is 7.46. The molecule has 0 aliphatic carbocycles. The lowest BCUT2D eigenvalue weighted by Crippen LogP contribution is -2.20. The highest BCUT2D eigenvalue weighted by Crippen LogP contribution is 2.17. The number of amides is 2. The number of carbonyl (C=O) groups excluding carboxylic acids is 2. The first kappa shape index (κ1) is 22.6. The van der Waals surface area contributed by atoms with E-state index in [1.165, 1.54) is 0 Å². The van der Waals surface area contributed by atoms with Gasteiger partial charge in [0.25, 0.3) is 11.8 Å². The van der Waals surface area contributed by atoms with Crippen LogP contribution < -0.4 is 20.1 Å². The number of benzene rings is 3. The third-order valence-electron chi connectivity index (χ3n) is 4.92. The lowest BCUT2D eigenvalue weighted by atomic mass is 10.2. The highest BCUT2D eigenvalue weighted by Gasteiger charge is 2.09. The number of ether oxygens (including phenoxy) is 2. The molecule has 0 radical (unpaired) electrons. The summed E-state index contributed by atoms with van der Waals surface area (Å²) < 4.78 is 12.4. The lowest BCUT2D eigenvalue weighted by Gasteiger charge is -2.09. The van der Waals surface area contributed by atoms with Crippen molar-refractivity contribution in [1.82, 2.24) is 9.78 Å². The standard InChI is InChI=1S/C26H24N4O4/c1-33-24-9-5-8-21(14-24)28-25(31)18-34-23-12-10-20(11-13-23)26(32)29-22-15-27-30(17-22)16-19-6-3-2-4-7-19/h2-15,17H,16,18H2,1H3,(H,28,31)(H,29,32). The molecular weight excluding hydrogens is 432 g/mol. The minimum atomic E-state index is -0.303. The summed E-state index contributed by atoms with van der Waals surface area (Å²) in [5.74, 6) is 0.563. The lowest BCUT2D eigenvalue weighted by molar-refractivity contribution is -0.118. The minimum absolute atomic E-state index is 0.163. The molecule has 4 rings (SSSR count). The normalized spacial score (nSPS) is 10.4. The molecule has 0 fully saturated rings. The van der Waals surface area contributed by atoms with Crippen molar-refractivity contribution >= 4 is 23.2 Å². The van der Waals surface area contributed by atoms with E-state index in [0.717, 1.165) is 5.56 Å². The molecule has 0 spiro atoms. The molecule has 4 aromatic rings. The van der Waals surface area contributed by atoms with Crippen molar-refractivity contribution in [3.63, 3.8) is 0 Å². The van der Waals surface area contributed by atoms with E-state index in [2.05, 4.69) is 15.7 Å². The summed E-state index contributed by atoms with van der Waals surface area (Å²) in [5, 5.41) is 9.87. The molecule has 34 heavy (non-hydrogen) atoms. The molecule has 1 aromatic heterocycles. The Bertz CT molecular complexity index is 1250. The summed E-state index contributed by atoms with van der Waals surface area (Å²) in [4.78, 5) is 24.7. The predicted molar refractivity (Wildman–Crippen MR) is 129 cm³/mol. The Morgan fingerprint density at radius 3 is 2.44 bits per heavy atom. The zero-order chi connectivity index (χ0) is 23.8. The third-order valence-corrected chi connectivity index (χ3v) is 4.92. The summed E-state index contributed by atoms with van der Waals surface area (Å²) in [6, 6.07) is 23.6. The van der Waals surface area contributed by atoms with E-state index in [9.17, 15) is 9.59 Å². The Morgan fingerprint density at radius 1 is 0.882 bits per heavy atom. The number of hydrogen-bond donors (Lipinski definition) is 2. The van der Waals surface area contributed by atoms with Crippen molar-refractivity contribution in [3.8, 4) is 11.5 Å². The molecule has 0 unspecified atom stereocenters. The molecule has 0 atom stereocenters. The summed E-state index contributed by atoms with van der Waals surface area (Å²) in [6.45, 7) is 0.456. The topological polar surface area (TPSA) is 94.5 Å². The van der Waals surface area contributed by atoms with Crippen LogP contribution in [0.15, 0.2) is 91.3 Å². The van der Waals surface area contributed by atoms with Gasteiger partial charge in [0.05, 0.1) is 25.5 Å². The van der Waals surface area contributed by atoms with Gasteiger partial charge >= 0.3 is 0 Å². The van der Waals surface area contributed by atoms with E-state index in [0.29, 0.717) is 35.0 Å². The van der Waals surface area contributed by atoms with Crippen molar-refractivity contribution < 1.29 is 19.1 Å². The predicted octanol–water partition coefficient (Wildman–Crippen LogP) is 4.21. The van der Waals surface area contributed by atoms with Crippen molar-refractivity contribution in [3.05, 3.63) is 102 Å². The Balaban J connectivity index is 1.26. The Hall–Kier alpha value is -4.59. The van der Waals surface area contributed by atoms with E-state index in [1.807, 2.05) is 30.3 Å². The second kappa shape index (κ2) is 10.8. The van der Waals surface area contributed by atoms with Crippen molar-refractivity contribution in [2.24, 2.45) is 0 Å². The van der Waals surface area contributed by atoms with Crippen LogP contribution in [-0.4, -0.2) is 35.3 Å². The molecule has 172 valence electrons. The largest absolute Gasteiger partial charge is 0.497 e. The molecule has 8 nitrogen and oxygen atoms in total. The molecule has 1 heterocycles. The molecule has 0 saturated carbocycles. The van der Waals surface area contributed by atoms with E-state index in [1.54, 1.807) is 72.7 Å². The van der Waals surface area contributed by atoms with Crippen LogP contribution in [0.4, 0.5) is 11.4 Å². The van der Waals surface area contributed by atoms with Crippen LogP contribution in [0.3, 0.4) is 0 Å². The number of nitrogens with one attached hydrogen (secondary N) is 2. The Kier molecular flexibility index (Phi) is 7.19. The van der Waals surface area contributed by atoms with Gasteiger partial charge in [0, 0.05) is 23.5 Å². The average Bonchev–Trinajstić information content (AvgIpc) is 3.30. The molecule has 0 aliphatic heterocycles. The number of hydrogen-bond acceptors (Lipinski definition) is 5. The average molecular weight is 457 g/mol. The van der Waals surface area contributed by atoms with Crippen LogP contribution in [0.2, 0.25) is 0 Å². The molecule has 3 aromatic carbocycles. The maximum atomic E-state index is 12.6. The van der Waals surface area contributed by atoms with Crippen LogP contribution in [0, 0.1) is 0 Å². The van der Waals surface area contributed by atoms with Crippen LogP contribution in [0.25, 0.3) is 0 Å². The molecule has 0 bridgehead atoms. The molecular formula is C26H24N4O4. The fraction of sp³-hybridized carbons (Fsp3) is 0.115. The number of carbonyl (C=O) groups is 2. The fourth-order valence-corrected chi connectivity index (χ4v) is 3.24. The Labute approximate surface area is 197 Å². The van der Waals surface area contributed by atoms with Gasteiger partial charge in [-0.2, -0.15) is 5.10 Å². The third kappa shape index (κ3) is 6.23. The molecule has 8 heteroatoms.